The lowest BCUT2D eigenvalue weighted by molar-refractivity contribution is 0.0603. The molecule has 1 aromatic carbocycles. The van der Waals surface area contributed by atoms with Crippen LogP contribution in [0.25, 0.3) is 10.9 Å². The SMILES string of the molecule is CNc1cc(C(=O)OC)c2cccc(Cl)c2n1. The van der Waals surface area contributed by atoms with Gasteiger partial charge in [0.05, 0.1) is 23.2 Å². The number of fused-ring (bicyclic) bond motifs is 1. The van der Waals surface area contributed by atoms with Crippen molar-refractivity contribution < 1.29 is 9.53 Å². The fraction of sp³-hybridized carbons (Fsp3) is 0.167. The first-order chi connectivity index (χ1) is 8.17. The molecule has 1 N–H and O–H groups in total. The molecule has 0 bridgehead atoms. The van der Waals surface area contributed by atoms with Gasteiger partial charge in [-0.2, -0.15) is 0 Å². The van der Waals surface area contributed by atoms with Crippen LogP contribution in [-0.2, 0) is 4.74 Å². The third kappa shape index (κ3) is 2.03. The van der Waals surface area contributed by atoms with Crippen molar-refractivity contribution in [1.29, 1.82) is 0 Å². The van der Waals surface area contributed by atoms with Crippen molar-refractivity contribution in [2.75, 3.05) is 19.5 Å². The Morgan fingerprint density at radius 2 is 2.24 bits per heavy atom. The third-order valence-corrected chi connectivity index (χ3v) is 2.76. The van der Waals surface area contributed by atoms with Crippen molar-refractivity contribution in [1.82, 2.24) is 4.98 Å². The number of nitrogens with one attached hydrogen (secondary N) is 1. The van der Waals surface area contributed by atoms with Crippen LogP contribution in [0.1, 0.15) is 10.4 Å². The Labute approximate surface area is 104 Å². The molecule has 0 saturated carbocycles. The highest BCUT2D eigenvalue weighted by atomic mass is 35.5. The largest absolute Gasteiger partial charge is 0.465 e. The van der Waals surface area contributed by atoms with Crippen LogP contribution in [0.2, 0.25) is 5.02 Å². The minimum Gasteiger partial charge on any atom is -0.465 e. The van der Waals surface area contributed by atoms with Gasteiger partial charge < -0.3 is 10.1 Å². The van der Waals surface area contributed by atoms with Gasteiger partial charge in [-0.1, -0.05) is 23.7 Å². The molecule has 2 aromatic rings. The Bertz CT molecular complexity index is 584. The van der Waals surface area contributed by atoms with Gasteiger partial charge in [-0.05, 0) is 12.1 Å². The molecule has 17 heavy (non-hydrogen) atoms. The van der Waals surface area contributed by atoms with Gasteiger partial charge in [0, 0.05) is 12.4 Å². The number of carbonyl (C=O) groups excluding carboxylic acids is 1. The quantitative estimate of drug-likeness (QED) is 0.833. The molecule has 4 nitrogen and oxygen atoms in total. The average Bonchev–Trinajstić information content (AvgIpc) is 2.37. The fourth-order valence-corrected chi connectivity index (χ4v) is 1.84. The van der Waals surface area contributed by atoms with Crippen molar-refractivity contribution >= 4 is 34.3 Å². The molecule has 2 rings (SSSR count). The first-order valence-corrected chi connectivity index (χ1v) is 5.40. The first-order valence-electron chi connectivity index (χ1n) is 5.02. The van der Waals surface area contributed by atoms with Crippen molar-refractivity contribution in [3.63, 3.8) is 0 Å². The molecule has 0 unspecified atom stereocenters. The lowest BCUT2D eigenvalue weighted by Gasteiger charge is -2.08. The molecule has 0 radical (unpaired) electrons. The zero-order valence-corrected chi connectivity index (χ0v) is 10.2. The number of rotatable bonds is 2. The number of methoxy groups -OCH3 is 1. The van der Waals surface area contributed by atoms with E-state index in [-0.39, 0.29) is 0 Å². The van der Waals surface area contributed by atoms with E-state index in [1.807, 2.05) is 0 Å². The van der Waals surface area contributed by atoms with E-state index in [0.717, 1.165) is 0 Å². The minimum absolute atomic E-state index is 0.406. The second kappa shape index (κ2) is 4.59. The maximum atomic E-state index is 11.7. The van der Waals surface area contributed by atoms with E-state index in [1.54, 1.807) is 31.3 Å². The molecular formula is C12H11ClN2O2. The zero-order chi connectivity index (χ0) is 12.4. The lowest BCUT2D eigenvalue weighted by atomic mass is 10.1. The van der Waals surface area contributed by atoms with Gasteiger partial charge in [0.1, 0.15) is 5.82 Å². The van der Waals surface area contributed by atoms with Crippen molar-refractivity contribution in [3.8, 4) is 0 Å². The van der Waals surface area contributed by atoms with Crippen molar-refractivity contribution in [3.05, 3.63) is 34.9 Å². The van der Waals surface area contributed by atoms with Crippen LogP contribution >= 0.6 is 11.6 Å². The van der Waals surface area contributed by atoms with E-state index in [4.69, 9.17) is 16.3 Å². The predicted octanol–water partition coefficient (Wildman–Crippen LogP) is 2.72. The number of esters is 1. The maximum absolute atomic E-state index is 11.7. The molecule has 0 saturated heterocycles. The third-order valence-electron chi connectivity index (χ3n) is 2.45. The zero-order valence-electron chi connectivity index (χ0n) is 9.45. The second-order valence-corrected chi connectivity index (χ2v) is 3.84. The summed E-state index contributed by atoms with van der Waals surface area (Å²) in [5, 5.41) is 4.08. The number of pyridine rings is 1. The molecular weight excluding hydrogens is 240 g/mol. The number of hydrogen-bond donors (Lipinski definition) is 1. The summed E-state index contributed by atoms with van der Waals surface area (Å²) in [5.41, 5.74) is 1.03. The highest BCUT2D eigenvalue weighted by Crippen LogP contribution is 2.27. The molecule has 1 aromatic heterocycles. The number of carbonyl (C=O) groups is 1. The number of aromatic nitrogens is 1. The number of benzene rings is 1. The Hall–Kier alpha value is -1.81. The van der Waals surface area contributed by atoms with Crippen LogP contribution in [0.15, 0.2) is 24.3 Å². The monoisotopic (exact) mass is 250 g/mol. The number of ether oxygens (including phenoxy) is 1. The van der Waals surface area contributed by atoms with Gasteiger partial charge in [-0.3, -0.25) is 0 Å². The van der Waals surface area contributed by atoms with Crippen LogP contribution in [0.5, 0.6) is 0 Å². The number of nitrogens with zero attached hydrogens (tertiary/aromatic N) is 1. The summed E-state index contributed by atoms with van der Waals surface area (Å²) in [6.45, 7) is 0. The van der Waals surface area contributed by atoms with Gasteiger partial charge in [0.2, 0.25) is 0 Å². The fourth-order valence-electron chi connectivity index (χ4n) is 1.62. The maximum Gasteiger partial charge on any atom is 0.338 e. The average molecular weight is 251 g/mol. The van der Waals surface area contributed by atoms with E-state index in [1.165, 1.54) is 7.11 Å². The molecule has 0 aliphatic heterocycles. The van der Waals surface area contributed by atoms with E-state index < -0.39 is 5.97 Å². The van der Waals surface area contributed by atoms with Crippen LogP contribution in [0.4, 0.5) is 5.82 Å². The molecule has 0 atom stereocenters. The van der Waals surface area contributed by atoms with Crippen LogP contribution in [0.3, 0.4) is 0 Å². The molecule has 0 fully saturated rings. The Kier molecular flexibility index (Phi) is 3.15. The topological polar surface area (TPSA) is 51.2 Å². The minimum atomic E-state index is -0.406. The highest BCUT2D eigenvalue weighted by Gasteiger charge is 2.14. The van der Waals surface area contributed by atoms with E-state index in [0.29, 0.717) is 27.3 Å². The predicted molar refractivity (Wildman–Crippen MR) is 67.6 cm³/mol. The number of hydrogen-bond acceptors (Lipinski definition) is 4. The van der Waals surface area contributed by atoms with Crippen molar-refractivity contribution in [2.45, 2.75) is 0 Å². The van der Waals surface area contributed by atoms with Crippen LogP contribution < -0.4 is 5.32 Å². The summed E-state index contributed by atoms with van der Waals surface area (Å²) in [7, 11) is 3.07. The summed E-state index contributed by atoms with van der Waals surface area (Å²) in [5.74, 6) is 0.169. The molecule has 1 heterocycles. The number of para-hydroxylation sites is 1. The molecule has 0 spiro atoms. The summed E-state index contributed by atoms with van der Waals surface area (Å²) in [6, 6.07) is 6.94. The lowest BCUT2D eigenvalue weighted by Crippen LogP contribution is -2.05. The van der Waals surface area contributed by atoms with Gasteiger partial charge in [0.15, 0.2) is 0 Å². The van der Waals surface area contributed by atoms with Crippen molar-refractivity contribution in [2.24, 2.45) is 0 Å². The number of anilines is 1. The smallest absolute Gasteiger partial charge is 0.338 e. The van der Waals surface area contributed by atoms with E-state index >= 15 is 0 Å². The first kappa shape index (κ1) is 11.7. The summed E-state index contributed by atoms with van der Waals surface area (Å²) < 4.78 is 4.75. The molecule has 88 valence electrons. The summed E-state index contributed by atoms with van der Waals surface area (Å²) in [6.07, 6.45) is 0. The van der Waals surface area contributed by atoms with E-state index in [9.17, 15) is 4.79 Å². The highest BCUT2D eigenvalue weighted by molar-refractivity contribution is 6.35. The van der Waals surface area contributed by atoms with E-state index in [2.05, 4.69) is 10.3 Å². The standard InChI is InChI=1S/C12H11ClN2O2/c1-14-10-6-8(12(16)17-2)7-4-3-5-9(13)11(7)15-10/h3-6H,1-2H3,(H,14,15). The van der Waals surface area contributed by atoms with Crippen LogP contribution in [0, 0.1) is 0 Å². The van der Waals surface area contributed by atoms with Crippen LogP contribution in [-0.4, -0.2) is 25.1 Å². The molecule has 0 aliphatic carbocycles. The Morgan fingerprint density at radius 1 is 1.47 bits per heavy atom. The number of halogens is 1. The molecule has 0 aliphatic rings. The Morgan fingerprint density at radius 3 is 2.88 bits per heavy atom. The summed E-state index contributed by atoms with van der Waals surface area (Å²) >= 11 is 6.06. The normalized spacial score (nSPS) is 10.3. The Balaban J connectivity index is 2.80. The summed E-state index contributed by atoms with van der Waals surface area (Å²) in [4.78, 5) is 16.0. The molecule has 5 heteroatoms. The van der Waals surface area contributed by atoms with Gasteiger partial charge in [-0.25, -0.2) is 9.78 Å². The van der Waals surface area contributed by atoms with Gasteiger partial charge in [-0.15, -0.1) is 0 Å². The second-order valence-electron chi connectivity index (χ2n) is 3.43. The van der Waals surface area contributed by atoms with Gasteiger partial charge >= 0.3 is 5.97 Å². The molecule has 0 amide bonds. The van der Waals surface area contributed by atoms with Gasteiger partial charge in [0.25, 0.3) is 0 Å².